The third kappa shape index (κ3) is 3.88. The molecule has 0 unspecified atom stereocenters. The lowest BCUT2D eigenvalue weighted by Crippen LogP contribution is -2.38. The summed E-state index contributed by atoms with van der Waals surface area (Å²) in [6.07, 6.45) is -0.580. The molecule has 0 saturated heterocycles. The summed E-state index contributed by atoms with van der Waals surface area (Å²) in [6, 6.07) is 5.31. The molecule has 0 radical (unpaired) electrons. The van der Waals surface area contributed by atoms with Gasteiger partial charge in [-0.25, -0.2) is 0 Å². The maximum Gasteiger partial charge on any atom is 0.266 e. The van der Waals surface area contributed by atoms with E-state index in [-0.39, 0.29) is 5.91 Å². The summed E-state index contributed by atoms with van der Waals surface area (Å²) < 4.78 is 5.64. The molecule has 6 heteroatoms. The Morgan fingerprint density at radius 3 is 3.00 bits per heavy atom. The molecule has 1 aromatic rings. The van der Waals surface area contributed by atoms with Crippen molar-refractivity contribution in [3.63, 3.8) is 0 Å². The molecular formula is C13H15ClN2O2S. The lowest BCUT2D eigenvalue weighted by atomic mass is 10.2. The van der Waals surface area contributed by atoms with Gasteiger partial charge in [-0.3, -0.25) is 9.79 Å². The van der Waals surface area contributed by atoms with Crippen LogP contribution in [0.15, 0.2) is 23.2 Å². The number of hydrogen-bond acceptors (Lipinski definition) is 4. The summed E-state index contributed by atoms with van der Waals surface area (Å²) >= 11 is 7.42. The van der Waals surface area contributed by atoms with Crippen molar-refractivity contribution < 1.29 is 9.53 Å². The quantitative estimate of drug-likeness (QED) is 0.933. The number of hydrogen-bond donors (Lipinski definition) is 1. The van der Waals surface area contributed by atoms with Gasteiger partial charge in [0.2, 0.25) is 0 Å². The van der Waals surface area contributed by atoms with Crippen LogP contribution >= 0.6 is 23.4 Å². The van der Waals surface area contributed by atoms with E-state index in [1.807, 2.05) is 6.92 Å². The van der Waals surface area contributed by atoms with Gasteiger partial charge >= 0.3 is 0 Å². The first kappa shape index (κ1) is 14.2. The van der Waals surface area contributed by atoms with Crippen LogP contribution in [0, 0.1) is 6.92 Å². The lowest BCUT2D eigenvalue weighted by molar-refractivity contribution is -0.125. The number of ether oxygens (including phenoxy) is 1. The number of amides is 1. The van der Waals surface area contributed by atoms with E-state index in [2.05, 4.69) is 10.3 Å². The average Bonchev–Trinajstić information content (AvgIpc) is 2.85. The zero-order chi connectivity index (χ0) is 13.8. The van der Waals surface area contributed by atoms with Crippen LogP contribution in [0.3, 0.4) is 0 Å². The van der Waals surface area contributed by atoms with E-state index >= 15 is 0 Å². The molecule has 0 saturated carbocycles. The van der Waals surface area contributed by atoms with Crippen LogP contribution in [-0.4, -0.2) is 29.5 Å². The minimum absolute atomic E-state index is 0.192. The first-order chi connectivity index (χ1) is 9.06. The SMILES string of the molecule is Cc1cc(Cl)ccc1O[C@@H](C)C(=O)NC1=NCCS1. The number of aryl methyl sites for hydroxylation is 1. The van der Waals surface area contributed by atoms with Crippen molar-refractivity contribution in [1.29, 1.82) is 0 Å². The van der Waals surface area contributed by atoms with E-state index in [1.54, 1.807) is 36.9 Å². The average molecular weight is 299 g/mol. The molecule has 4 nitrogen and oxygen atoms in total. The Morgan fingerprint density at radius 2 is 2.37 bits per heavy atom. The zero-order valence-electron chi connectivity index (χ0n) is 10.8. The van der Waals surface area contributed by atoms with Crippen molar-refractivity contribution in [3.05, 3.63) is 28.8 Å². The van der Waals surface area contributed by atoms with Crippen LogP contribution in [0.4, 0.5) is 0 Å². The van der Waals surface area contributed by atoms with E-state index in [0.717, 1.165) is 17.9 Å². The maximum absolute atomic E-state index is 11.9. The largest absolute Gasteiger partial charge is 0.481 e. The second kappa shape index (κ2) is 6.30. The van der Waals surface area contributed by atoms with Gasteiger partial charge in [0.1, 0.15) is 5.75 Å². The molecular weight excluding hydrogens is 284 g/mol. The third-order valence-corrected chi connectivity index (χ3v) is 3.75. The highest BCUT2D eigenvalue weighted by atomic mass is 35.5. The van der Waals surface area contributed by atoms with E-state index in [1.165, 1.54) is 0 Å². The molecule has 1 amide bonds. The number of nitrogens with one attached hydrogen (secondary N) is 1. The second-order valence-electron chi connectivity index (χ2n) is 4.19. The van der Waals surface area contributed by atoms with Gasteiger partial charge in [0, 0.05) is 10.8 Å². The molecule has 0 aromatic heterocycles. The Kier molecular flexibility index (Phi) is 4.71. The molecule has 1 aliphatic heterocycles. The summed E-state index contributed by atoms with van der Waals surface area (Å²) in [5, 5.41) is 4.08. The van der Waals surface area contributed by atoms with Gasteiger partial charge in [-0.05, 0) is 37.6 Å². The number of halogens is 1. The zero-order valence-corrected chi connectivity index (χ0v) is 12.3. The summed E-state index contributed by atoms with van der Waals surface area (Å²) in [6.45, 7) is 4.36. The standard InChI is InChI=1S/C13H15ClN2O2S/c1-8-7-10(14)3-4-11(8)18-9(2)12(17)16-13-15-5-6-19-13/h3-4,7,9H,5-6H2,1-2H3,(H,15,16,17)/t9-/m0/s1. The van der Waals surface area contributed by atoms with Gasteiger partial charge in [-0.15, -0.1) is 0 Å². The molecule has 102 valence electrons. The lowest BCUT2D eigenvalue weighted by Gasteiger charge is -2.16. The van der Waals surface area contributed by atoms with Crippen molar-refractivity contribution >= 4 is 34.4 Å². The van der Waals surface area contributed by atoms with Crippen LogP contribution in [0.2, 0.25) is 5.02 Å². The molecule has 1 aromatic carbocycles. The third-order valence-electron chi connectivity index (χ3n) is 2.63. The topological polar surface area (TPSA) is 50.7 Å². The molecule has 19 heavy (non-hydrogen) atoms. The van der Waals surface area contributed by atoms with E-state index in [0.29, 0.717) is 15.9 Å². The number of nitrogens with zero attached hydrogens (tertiary/aromatic N) is 1. The number of benzene rings is 1. The number of rotatable bonds is 3. The predicted octanol–water partition coefficient (Wildman–Crippen LogP) is 2.63. The highest BCUT2D eigenvalue weighted by molar-refractivity contribution is 8.14. The Morgan fingerprint density at radius 1 is 1.58 bits per heavy atom. The van der Waals surface area contributed by atoms with Crippen LogP contribution in [0.25, 0.3) is 0 Å². The summed E-state index contributed by atoms with van der Waals surface area (Å²) in [5.41, 5.74) is 0.903. The highest BCUT2D eigenvalue weighted by Crippen LogP contribution is 2.22. The van der Waals surface area contributed by atoms with Crippen LogP contribution in [0.5, 0.6) is 5.75 Å². The fraction of sp³-hybridized carbons (Fsp3) is 0.385. The van der Waals surface area contributed by atoms with Gasteiger partial charge in [0.05, 0.1) is 6.54 Å². The van der Waals surface area contributed by atoms with E-state index < -0.39 is 6.10 Å². The number of thioether (sulfide) groups is 1. The molecule has 2 rings (SSSR count). The van der Waals surface area contributed by atoms with Gasteiger partial charge < -0.3 is 10.1 Å². The molecule has 0 fully saturated rings. The molecule has 0 bridgehead atoms. The smallest absolute Gasteiger partial charge is 0.266 e. The predicted molar refractivity (Wildman–Crippen MR) is 79.2 cm³/mol. The molecule has 0 aliphatic carbocycles. The number of carbonyl (C=O) groups excluding carboxylic acids is 1. The van der Waals surface area contributed by atoms with Crippen molar-refractivity contribution in [2.45, 2.75) is 20.0 Å². The Bertz CT molecular complexity index is 519. The monoisotopic (exact) mass is 298 g/mol. The first-order valence-corrected chi connectivity index (χ1v) is 7.33. The van der Waals surface area contributed by atoms with Crippen molar-refractivity contribution in [1.82, 2.24) is 5.32 Å². The number of carbonyl (C=O) groups is 1. The number of aliphatic imine (C=N–C) groups is 1. The highest BCUT2D eigenvalue weighted by Gasteiger charge is 2.19. The summed E-state index contributed by atoms with van der Waals surface area (Å²) in [4.78, 5) is 16.1. The van der Waals surface area contributed by atoms with E-state index in [4.69, 9.17) is 16.3 Å². The fourth-order valence-electron chi connectivity index (χ4n) is 1.61. The normalized spacial score (nSPS) is 15.8. The maximum atomic E-state index is 11.9. The first-order valence-electron chi connectivity index (χ1n) is 5.97. The van der Waals surface area contributed by atoms with Crippen LogP contribution in [0.1, 0.15) is 12.5 Å². The van der Waals surface area contributed by atoms with Gasteiger partial charge in [0.15, 0.2) is 11.3 Å². The van der Waals surface area contributed by atoms with Gasteiger partial charge in [-0.1, -0.05) is 23.4 Å². The van der Waals surface area contributed by atoms with Crippen molar-refractivity contribution in [2.24, 2.45) is 4.99 Å². The molecule has 1 heterocycles. The minimum Gasteiger partial charge on any atom is -0.481 e. The molecule has 0 spiro atoms. The molecule has 1 N–H and O–H groups in total. The van der Waals surface area contributed by atoms with Crippen LogP contribution in [-0.2, 0) is 4.79 Å². The Balaban J connectivity index is 1.96. The minimum atomic E-state index is -0.580. The van der Waals surface area contributed by atoms with E-state index in [9.17, 15) is 4.79 Å². The Hall–Kier alpha value is -1.20. The van der Waals surface area contributed by atoms with Crippen molar-refractivity contribution in [3.8, 4) is 5.75 Å². The molecule has 1 atom stereocenters. The van der Waals surface area contributed by atoms with Crippen molar-refractivity contribution in [2.75, 3.05) is 12.3 Å². The Labute approximate surface area is 121 Å². The molecule has 1 aliphatic rings. The second-order valence-corrected chi connectivity index (χ2v) is 5.71. The fourth-order valence-corrected chi connectivity index (χ4v) is 2.56. The summed E-state index contributed by atoms with van der Waals surface area (Å²) in [5.74, 6) is 1.39. The van der Waals surface area contributed by atoms with Crippen LogP contribution < -0.4 is 10.1 Å². The van der Waals surface area contributed by atoms with Gasteiger partial charge in [-0.2, -0.15) is 0 Å². The van der Waals surface area contributed by atoms with Gasteiger partial charge in [0.25, 0.3) is 5.91 Å². The summed E-state index contributed by atoms with van der Waals surface area (Å²) in [7, 11) is 0. The number of amidine groups is 1.